The van der Waals surface area contributed by atoms with Crippen LogP contribution in [0.3, 0.4) is 0 Å². The summed E-state index contributed by atoms with van der Waals surface area (Å²) >= 11 is 0. The lowest BCUT2D eigenvalue weighted by atomic mass is 10.0. The molecular weight excluding hydrogens is 431 g/mol. The number of carbonyl (C=O) groups is 2. The molecule has 0 fully saturated rings. The Labute approximate surface area is 181 Å². The fourth-order valence-electron chi connectivity index (χ4n) is 2.98. The standard InChI is InChI=1S/C20H22F3N5O4/c1-12-3-2-4-13(9-12)16(27-19(24)30)11-18(29)26-8-7-25-15-6-5-14(20(21,22)23)10-17(15)28(31)32/h2-6,9-10,16,25H,7-8,11H2,1H3,(H,26,29)(H3,24,27,30)/t16-/m1/s1. The first-order valence-corrected chi connectivity index (χ1v) is 9.46. The molecular formula is C20H22F3N5O4. The van der Waals surface area contributed by atoms with Gasteiger partial charge in [-0.3, -0.25) is 14.9 Å². The minimum absolute atomic E-state index is 0.0241. The molecule has 0 bridgehead atoms. The number of urea groups is 1. The van der Waals surface area contributed by atoms with Crippen LogP contribution in [0.1, 0.15) is 29.2 Å². The van der Waals surface area contributed by atoms with E-state index in [-0.39, 0.29) is 25.2 Å². The van der Waals surface area contributed by atoms with Gasteiger partial charge in [-0.05, 0) is 24.6 Å². The quantitative estimate of drug-likeness (QED) is 0.262. The van der Waals surface area contributed by atoms with E-state index in [0.717, 1.165) is 17.7 Å². The lowest BCUT2D eigenvalue weighted by Gasteiger charge is -2.18. The summed E-state index contributed by atoms with van der Waals surface area (Å²) in [6.07, 6.45) is -4.81. The summed E-state index contributed by atoms with van der Waals surface area (Å²) in [6, 6.07) is 7.88. The van der Waals surface area contributed by atoms with Gasteiger partial charge in [0, 0.05) is 19.2 Å². The van der Waals surface area contributed by atoms with E-state index in [4.69, 9.17) is 5.73 Å². The molecule has 172 valence electrons. The number of nitro groups is 1. The summed E-state index contributed by atoms with van der Waals surface area (Å²) in [5.74, 6) is -0.422. The van der Waals surface area contributed by atoms with Crippen molar-refractivity contribution in [2.45, 2.75) is 25.6 Å². The van der Waals surface area contributed by atoms with Crippen molar-refractivity contribution >= 4 is 23.3 Å². The highest BCUT2D eigenvalue weighted by atomic mass is 19.4. The van der Waals surface area contributed by atoms with Crippen molar-refractivity contribution in [3.8, 4) is 0 Å². The molecule has 3 amide bonds. The molecule has 0 aliphatic carbocycles. The second kappa shape index (κ2) is 10.5. The molecule has 0 saturated heterocycles. The number of halogens is 3. The Kier molecular flexibility index (Phi) is 7.99. The second-order valence-corrected chi connectivity index (χ2v) is 6.94. The zero-order valence-electron chi connectivity index (χ0n) is 17.0. The number of nitrogens with one attached hydrogen (secondary N) is 3. The van der Waals surface area contributed by atoms with Crippen LogP contribution >= 0.6 is 0 Å². The molecule has 5 N–H and O–H groups in total. The maximum absolute atomic E-state index is 12.8. The molecule has 2 aromatic rings. The minimum atomic E-state index is -4.70. The van der Waals surface area contributed by atoms with Crippen molar-refractivity contribution in [2.75, 3.05) is 18.4 Å². The van der Waals surface area contributed by atoms with Crippen molar-refractivity contribution in [1.82, 2.24) is 10.6 Å². The van der Waals surface area contributed by atoms with Crippen LogP contribution in [0.15, 0.2) is 42.5 Å². The van der Waals surface area contributed by atoms with Gasteiger partial charge in [0.1, 0.15) is 5.69 Å². The molecule has 9 nitrogen and oxygen atoms in total. The highest BCUT2D eigenvalue weighted by molar-refractivity contribution is 5.78. The molecule has 0 aliphatic heterocycles. The number of aryl methyl sites for hydroxylation is 1. The zero-order valence-corrected chi connectivity index (χ0v) is 17.0. The van der Waals surface area contributed by atoms with Gasteiger partial charge in [0.2, 0.25) is 5.91 Å². The summed E-state index contributed by atoms with van der Waals surface area (Å²) in [6.45, 7) is 1.92. The SMILES string of the molecule is Cc1cccc([C@@H](CC(=O)NCCNc2ccc(C(F)(F)F)cc2[N+](=O)[O-])NC(N)=O)c1. The minimum Gasteiger partial charge on any atom is -0.378 e. The van der Waals surface area contributed by atoms with Crippen molar-refractivity contribution in [1.29, 1.82) is 0 Å². The van der Waals surface area contributed by atoms with E-state index in [9.17, 15) is 32.9 Å². The van der Waals surface area contributed by atoms with Gasteiger partial charge < -0.3 is 21.7 Å². The predicted molar refractivity (Wildman–Crippen MR) is 111 cm³/mol. The monoisotopic (exact) mass is 453 g/mol. The maximum Gasteiger partial charge on any atom is 0.416 e. The van der Waals surface area contributed by atoms with Gasteiger partial charge >= 0.3 is 12.2 Å². The van der Waals surface area contributed by atoms with E-state index < -0.39 is 40.3 Å². The average molecular weight is 453 g/mol. The van der Waals surface area contributed by atoms with Gasteiger partial charge in [0.05, 0.1) is 22.9 Å². The van der Waals surface area contributed by atoms with Crippen LogP contribution < -0.4 is 21.7 Å². The Morgan fingerprint density at radius 3 is 2.47 bits per heavy atom. The van der Waals surface area contributed by atoms with Crippen LogP contribution in [0.25, 0.3) is 0 Å². The van der Waals surface area contributed by atoms with E-state index in [1.165, 1.54) is 0 Å². The number of benzene rings is 2. The van der Waals surface area contributed by atoms with Crippen LogP contribution in [-0.2, 0) is 11.0 Å². The smallest absolute Gasteiger partial charge is 0.378 e. The average Bonchev–Trinajstić information content (AvgIpc) is 2.69. The molecule has 0 heterocycles. The molecule has 0 radical (unpaired) electrons. The topological polar surface area (TPSA) is 139 Å². The van der Waals surface area contributed by atoms with Crippen LogP contribution in [0.4, 0.5) is 29.3 Å². The fraction of sp³-hybridized carbons (Fsp3) is 0.300. The number of hydrogen-bond acceptors (Lipinski definition) is 5. The summed E-state index contributed by atoms with van der Waals surface area (Å²) in [5.41, 5.74) is 4.85. The van der Waals surface area contributed by atoms with Crippen LogP contribution in [-0.4, -0.2) is 30.0 Å². The number of nitrogens with two attached hydrogens (primary N) is 1. The summed E-state index contributed by atoms with van der Waals surface area (Å²) in [7, 11) is 0. The molecule has 12 heteroatoms. The van der Waals surface area contributed by atoms with Crippen LogP contribution in [0, 0.1) is 17.0 Å². The van der Waals surface area contributed by atoms with Gasteiger partial charge in [-0.25, -0.2) is 4.79 Å². The lowest BCUT2D eigenvalue weighted by molar-refractivity contribution is -0.384. The Morgan fingerprint density at radius 2 is 1.88 bits per heavy atom. The summed E-state index contributed by atoms with van der Waals surface area (Å²) < 4.78 is 38.3. The number of hydrogen-bond donors (Lipinski definition) is 4. The van der Waals surface area contributed by atoms with E-state index in [0.29, 0.717) is 11.6 Å². The molecule has 0 aromatic heterocycles. The summed E-state index contributed by atoms with van der Waals surface area (Å²) in [5, 5.41) is 18.8. The van der Waals surface area contributed by atoms with E-state index in [1.54, 1.807) is 18.2 Å². The van der Waals surface area contributed by atoms with Gasteiger partial charge in [-0.2, -0.15) is 13.2 Å². The molecule has 2 aromatic carbocycles. The fourth-order valence-corrected chi connectivity index (χ4v) is 2.98. The number of alkyl halides is 3. The maximum atomic E-state index is 12.8. The Bertz CT molecular complexity index is 997. The largest absolute Gasteiger partial charge is 0.416 e. The van der Waals surface area contributed by atoms with Crippen molar-refractivity contribution < 1.29 is 27.7 Å². The molecule has 1 atom stereocenters. The van der Waals surface area contributed by atoms with E-state index in [1.807, 2.05) is 13.0 Å². The Morgan fingerprint density at radius 1 is 1.16 bits per heavy atom. The van der Waals surface area contributed by atoms with Crippen LogP contribution in [0.2, 0.25) is 0 Å². The lowest BCUT2D eigenvalue weighted by Crippen LogP contribution is -2.37. The number of nitro benzene ring substituents is 1. The van der Waals surface area contributed by atoms with Gasteiger partial charge in [-0.15, -0.1) is 0 Å². The number of primary amides is 1. The van der Waals surface area contributed by atoms with E-state index >= 15 is 0 Å². The first-order valence-electron chi connectivity index (χ1n) is 9.46. The number of rotatable bonds is 9. The third-order valence-electron chi connectivity index (χ3n) is 4.43. The first kappa shape index (κ1) is 24.4. The predicted octanol–water partition coefficient (Wildman–Crippen LogP) is 3.25. The number of carbonyl (C=O) groups excluding carboxylic acids is 2. The van der Waals surface area contributed by atoms with E-state index in [2.05, 4.69) is 16.0 Å². The van der Waals surface area contributed by atoms with Crippen LogP contribution in [0.5, 0.6) is 0 Å². The molecule has 0 aliphatic rings. The molecule has 32 heavy (non-hydrogen) atoms. The zero-order chi connectivity index (χ0) is 23.9. The molecule has 0 saturated carbocycles. The first-order chi connectivity index (χ1) is 15.0. The summed E-state index contributed by atoms with van der Waals surface area (Å²) in [4.78, 5) is 33.7. The third-order valence-corrected chi connectivity index (χ3v) is 4.43. The highest BCUT2D eigenvalue weighted by Crippen LogP contribution is 2.34. The van der Waals surface area contributed by atoms with Crippen molar-refractivity contribution in [3.05, 3.63) is 69.3 Å². The van der Waals surface area contributed by atoms with Gasteiger partial charge in [0.25, 0.3) is 5.69 Å². The van der Waals surface area contributed by atoms with Gasteiger partial charge in [-0.1, -0.05) is 29.8 Å². The molecule has 2 rings (SSSR count). The Hall–Kier alpha value is -3.83. The van der Waals surface area contributed by atoms with Crippen molar-refractivity contribution in [3.63, 3.8) is 0 Å². The third kappa shape index (κ3) is 7.15. The van der Waals surface area contributed by atoms with Gasteiger partial charge in [0.15, 0.2) is 0 Å². The molecule has 0 spiro atoms. The number of amides is 3. The van der Waals surface area contributed by atoms with Crippen molar-refractivity contribution in [2.24, 2.45) is 5.73 Å². The normalized spacial score (nSPS) is 12.0. The second-order valence-electron chi connectivity index (χ2n) is 6.94. The molecule has 0 unspecified atom stereocenters. The highest BCUT2D eigenvalue weighted by Gasteiger charge is 2.33. The number of anilines is 1. The Balaban J connectivity index is 1.95. The number of nitrogens with zero attached hydrogens (tertiary/aromatic N) is 1.